The molecule has 0 unspecified atom stereocenters. The first-order chi connectivity index (χ1) is 8.75. The van der Waals surface area contributed by atoms with Crippen LogP contribution in [0.1, 0.15) is 55.9 Å². The highest BCUT2D eigenvalue weighted by Gasteiger charge is 2.11. The van der Waals surface area contributed by atoms with Crippen molar-refractivity contribution in [3.8, 4) is 0 Å². The van der Waals surface area contributed by atoms with Gasteiger partial charge in [0.25, 0.3) is 0 Å². The molecule has 0 saturated carbocycles. The van der Waals surface area contributed by atoms with E-state index in [-0.39, 0.29) is 5.69 Å². The first-order valence-corrected chi connectivity index (χ1v) is 6.63. The zero-order chi connectivity index (χ0) is 13.2. The third kappa shape index (κ3) is 5.17. The van der Waals surface area contributed by atoms with Crippen LogP contribution >= 0.6 is 0 Å². The Balaban J connectivity index is 2.16. The highest BCUT2D eigenvalue weighted by Crippen LogP contribution is 2.09. The monoisotopic (exact) mass is 250 g/mol. The number of nitrogens with zero attached hydrogens (tertiary/aromatic N) is 1. The van der Waals surface area contributed by atoms with E-state index in [1.165, 1.54) is 31.9 Å². The van der Waals surface area contributed by atoms with E-state index in [0.717, 1.165) is 12.8 Å². The average Bonchev–Trinajstić information content (AvgIpc) is 2.38. The zero-order valence-corrected chi connectivity index (χ0v) is 11.0. The molecule has 0 aromatic carbocycles. The minimum Gasteiger partial charge on any atom is -0.461 e. The van der Waals surface area contributed by atoms with Crippen molar-refractivity contribution in [1.29, 1.82) is 0 Å². The molecule has 0 amide bonds. The quantitative estimate of drug-likeness (QED) is 0.568. The maximum Gasteiger partial charge on any atom is 0.359 e. The number of carbonyl (C=O) groups is 1. The maximum atomic E-state index is 11.6. The van der Waals surface area contributed by atoms with E-state index >= 15 is 0 Å². The Morgan fingerprint density at radius 2 is 2.00 bits per heavy atom. The van der Waals surface area contributed by atoms with Crippen LogP contribution in [-0.2, 0) is 4.74 Å². The molecule has 0 fully saturated rings. The number of hydrogen-bond acceptors (Lipinski definition) is 4. The Bertz CT molecular complexity index is 367. The number of hydrogen-bond donors (Lipinski definition) is 1. The van der Waals surface area contributed by atoms with Crippen LogP contribution in [0, 0.1) is 0 Å². The van der Waals surface area contributed by atoms with Gasteiger partial charge in [0, 0.05) is 6.20 Å². The fraction of sp³-hybridized carbons (Fsp3) is 0.571. The summed E-state index contributed by atoms with van der Waals surface area (Å²) in [6, 6.07) is 3.34. The van der Waals surface area contributed by atoms with Crippen LogP contribution < -0.4 is 5.73 Å². The van der Waals surface area contributed by atoms with E-state index in [1.54, 1.807) is 12.1 Å². The highest BCUT2D eigenvalue weighted by molar-refractivity contribution is 5.92. The highest BCUT2D eigenvalue weighted by atomic mass is 16.5. The largest absolute Gasteiger partial charge is 0.461 e. The molecule has 100 valence electrons. The molecule has 0 radical (unpaired) electrons. The molecule has 0 spiro atoms. The molecular weight excluding hydrogens is 228 g/mol. The van der Waals surface area contributed by atoms with Crippen molar-refractivity contribution in [3.05, 3.63) is 24.0 Å². The van der Waals surface area contributed by atoms with Crippen molar-refractivity contribution in [3.63, 3.8) is 0 Å². The fourth-order valence-corrected chi connectivity index (χ4v) is 1.70. The minimum atomic E-state index is -0.429. The summed E-state index contributed by atoms with van der Waals surface area (Å²) in [6.07, 6.45) is 8.54. The van der Waals surface area contributed by atoms with Gasteiger partial charge in [0.2, 0.25) is 0 Å². The summed E-state index contributed by atoms with van der Waals surface area (Å²) < 4.78 is 5.13. The Hall–Kier alpha value is -1.58. The summed E-state index contributed by atoms with van der Waals surface area (Å²) >= 11 is 0. The predicted molar refractivity (Wildman–Crippen MR) is 72.3 cm³/mol. The summed E-state index contributed by atoms with van der Waals surface area (Å²) in [4.78, 5) is 15.6. The molecule has 0 aliphatic rings. The van der Waals surface area contributed by atoms with Crippen LogP contribution in [0.15, 0.2) is 18.3 Å². The first-order valence-electron chi connectivity index (χ1n) is 6.63. The lowest BCUT2D eigenvalue weighted by Gasteiger charge is -2.05. The van der Waals surface area contributed by atoms with Gasteiger partial charge in [-0.05, 0) is 18.6 Å². The normalized spacial score (nSPS) is 10.3. The van der Waals surface area contributed by atoms with Gasteiger partial charge < -0.3 is 10.5 Å². The Labute approximate surface area is 109 Å². The summed E-state index contributed by atoms with van der Waals surface area (Å²) in [6.45, 7) is 2.64. The molecule has 0 aliphatic heterocycles. The van der Waals surface area contributed by atoms with E-state index in [4.69, 9.17) is 10.5 Å². The number of rotatable bonds is 8. The number of nitrogens with two attached hydrogens (primary N) is 1. The van der Waals surface area contributed by atoms with Crippen molar-refractivity contribution in [2.45, 2.75) is 45.4 Å². The van der Waals surface area contributed by atoms with Crippen LogP contribution in [0.25, 0.3) is 0 Å². The third-order valence-corrected chi connectivity index (χ3v) is 2.76. The second-order valence-electron chi connectivity index (χ2n) is 4.34. The lowest BCUT2D eigenvalue weighted by molar-refractivity contribution is 0.0492. The van der Waals surface area contributed by atoms with E-state index in [0.29, 0.717) is 12.3 Å². The average molecular weight is 250 g/mol. The van der Waals surface area contributed by atoms with Gasteiger partial charge >= 0.3 is 5.97 Å². The molecule has 1 aromatic rings. The number of pyridine rings is 1. The first kappa shape index (κ1) is 14.5. The number of carbonyl (C=O) groups excluding carboxylic acids is 1. The molecular formula is C14H22N2O2. The smallest absolute Gasteiger partial charge is 0.359 e. The Kier molecular flexibility index (Phi) is 6.84. The SMILES string of the molecule is CCCCCCCCOC(=O)c1ncccc1N. The number of ether oxygens (including phenoxy) is 1. The van der Waals surface area contributed by atoms with Gasteiger partial charge in [-0.15, -0.1) is 0 Å². The van der Waals surface area contributed by atoms with E-state index in [2.05, 4.69) is 11.9 Å². The molecule has 4 heteroatoms. The standard InChI is InChI=1S/C14H22N2O2/c1-2-3-4-5-6-7-11-18-14(17)13-12(15)9-8-10-16-13/h8-10H,2-7,11,15H2,1H3. The third-order valence-electron chi connectivity index (χ3n) is 2.76. The summed E-state index contributed by atoms with van der Waals surface area (Å²) in [5, 5.41) is 0. The summed E-state index contributed by atoms with van der Waals surface area (Å²) in [5.74, 6) is -0.429. The maximum absolute atomic E-state index is 11.6. The lowest BCUT2D eigenvalue weighted by atomic mass is 10.1. The van der Waals surface area contributed by atoms with Gasteiger partial charge in [-0.2, -0.15) is 0 Å². The molecule has 0 aliphatic carbocycles. The van der Waals surface area contributed by atoms with Gasteiger partial charge in [-0.1, -0.05) is 39.0 Å². The topological polar surface area (TPSA) is 65.2 Å². The van der Waals surface area contributed by atoms with Crippen LogP contribution in [-0.4, -0.2) is 17.6 Å². The molecule has 1 heterocycles. The minimum absolute atomic E-state index is 0.212. The fourth-order valence-electron chi connectivity index (χ4n) is 1.70. The van der Waals surface area contributed by atoms with Gasteiger partial charge in [-0.25, -0.2) is 9.78 Å². The molecule has 1 aromatic heterocycles. The molecule has 0 saturated heterocycles. The molecule has 0 bridgehead atoms. The van der Waals surface area contributed by atoms with Crippen LogP contribution in [0.4, 0.5) is 5.69 Å². The van der Waals surface area contributed by atoms with Gasteiger partial charge in [0.05, 0.1) is 12.3 Å². The van der Waals surface area contributed by atoms with Crippen molar-refractivity contribution in [2.24, 2.45) is 0 Å². The van der Waals surface area contributed by atoms with Crippen molar-refractivity contribution in [1.82, 2.24) is 4.98 Å². The van der Waals surface area contributed by atoms with E-state index in [9.17, 15) is 4.79 Å². The molecule has 4 nitrogen and oxygen atoms in total. The molecule has 1 rings (SSSR count). The number of aromatic nitrogens is 1. The van der Waals surface area contributed by atoms with E-state index in [1.807, 2.05) is 0 Å². The van der Waals surface area contributed by atoms with Crippen LogP contribution in [0.2, 0.25) is 0 Å². The van der Waals surface area contributed by atoms with Gasteiger partial charge in [0.1, 0.15) is 0 Å². The number of anilines is 1. The number of nitrogen functional groups attached to an aromatic ring is 1. The second kappa shape index (κ2) is 8.50. The lowest BCUT2D eigenvalue weighted by Crippen LogP contribution is -2.11. The number of esters is 1. The zero-order valence-electron chi connectivity index (χ0n) is 11.0. The van der Waals surface area contributed by atoms with Crippen LogP contribution in [0.5, 0.6) is 0 Å². The molecule has 0 atom stereocenters. The predicted octanol–water partition coefficient (Wildman–Crippen LogP) is 3.18. The Morgan fingerprint density at radius 1 is 1.28 bits per heavy atom. The van der Waals surface area contributed by atoms with Crippen LogP contribution in [0.3, 0.4) is 0 Å². The second-order valence-corrected chi connectivity index (χ2v) is 4.34. The van der Waals surface area contributed by atoms with Crippen molar-refractivity contribution < 1.29 is 9.53 Å². The Morgan fingerprint density at radius 3 is 2.72 bits per heavy atom. The summed E-state index contributed by atoms with van der Waals surface area (Å²) in [7, 11) is 0. The van der Waals surface area contributed by atoms with Gasteiger partial charge in [-0.3, -0.25) is 0 Å². The van der Waals surface area contributed by atoms with Gasteiger partial charge in [0.15, 0.2) is 5.69 Å². The van der Waals surface area contributed by atoms with Crippen molar-refractivity contribution in [2.75, 3.05) is 12.3 Å². The number of unbranched alkanes of at least 4 members (excludes halogenated alkanes) is 5. The molecule has 18 heavy (non-hydrogen) atoms. The summed E-state index contributed by atoms with van der Waals surface area (Å²) in [5.41, 5.74) is 6.22. The van der Waals surface area contributed by atoms with E-state index < -0.39 is 5.97 Å². The van der Waals surface area contributed by atoms with Crippen molar-refractivity contribution >= 4 is 11.7 Å². The molecule has 2 N–H and O–H groups in total.